The molecule has 0 aliphatic carbocycles. The van der Waals surface area contributed by atoms with Crippen molar-refractivity contribution in [3.05, 3.63) is 91.3 Å². The van der Waals surface area contributed by atoms with Crippen molar-refractivity contribution in [2.45, 2.75) is 13.8 Å². The van der Waals surface area contributed by atoms with Crippen molar-refractivity contribution in [3.63, 3.8) is 0 Å². The normalized spacial score (nSPS) is 10.9. The third-order valence-corrected chi connectivity index (χ3v) is 3.89. The summed E-state index contributed by atoms with van der Waals surface area (Å²) in [5.41, 5.74) is 3.48. The van der Waals surface area contributed by atoms with E-state index in [1.54, 1.807) is 18.3 Å². The molecule has 0 spiro atoms. The molecule has 3 rings (SSSR count). The summed E-state index contributed by atoms with van der Waals surface area (Å²) in [6.45, 7) is 4.00. The fourth-order valence-corrected chi connectivity index (χ4v) is 2.71. The number of nitrogens with zero attached hydrogens (tertiary/aromatic N) is 5. The van der Waals surface area contributed by atoms with Gasteiger partial charge >= 0.3 is 33.3 Å². The first kappa shape index (κ1) is 25.2. The van der Waals surface area contributed by atoms with Crippen LogP contribution in [0.4, 0.5) is 22.7 Å². The molecule has 9 nitrogen and oxygen atoms in total. The Balaban J connectivity index is 0.00000114. The minimum absolute atomic E-state index is 0.0966. The summed E-state index contributed by atoms with van der Waals surface area (Å²) in [6.07, 6.45) is 3.01. The van der Waals surface area contributed by atoms with Gasteiger partial charge in [-0.3, -0.25) is 30.2 Å². The number of hydrogen-bond acceptors (Lipinski definition) is 6. The van der Waals surface area contributed by atoms with E-state index in [1.807, 2.05) is 26.0 Å². The Kier molecular flexibility index (Phi) is 9.55. The SMILES string of the molecule is Cc1cc(C)cc(N=Cc2ccc(C=Nc3cc([N+](=O)[O-])cc([N+](=O)[O-])c3)[n-]2)c1.[Cl][Fe+][Cl]. The Labute approximate surface area is 198 Å². The second-order valence-electron chi connectivity index (χ2n) is 6.43. The summed E-state index contributed by atoms with van der Waals surface area (Å²) in [6, 6.07) is 12.7. The third kappa shape index (κ3) is 7.90. The van der Waals surface area contributed by atoms with Crippen molar-refractivity contribution in [2.24, 2.45) is 9.98 Å². The van der Waals surface area contributed by atoms with Gasteiger partial charge in [0.1, 0.15) is 0 Å². The van der Waals surface area contributed by atoms with Crippen LogP contribution >= 0.6 is 20.2 Å². The van der Waals surface area contributed by atoms with E-state index in [1.165, 1.54) is 6.21 Å². The van der Waals surface area contributed by atoms with Gasteiger partial charge in [-0.2, -0.15) is 0 Å². The Morgan fingerprint density at radius 2 is 1.22 bits per heavy atom. The number of benzene rings is 2. The molecule has 2 aromatic carbocycles. The molecule has 0 aliphatic rings. The predicted molar refractivity (Wildman–Crippen MR) is 122 cm³/mol. The third-order valence-electron chi connectivity index (χ3n) is 3.89. The molecule has 1 aromatic heterocycles. The van der Waals surface area contributed by atoms with Crippen LogP contribution in [0.1, 0.15) is 22.5 Å². The molecule has 12 heteroatoms. The molecule has 0 amide bonds. The Morgan fingerprint density at radius 3 is 1.62 bits per heavy atom. The summed E-state index contributed by atoms with van der Waals surface area (Å²) in [7, 11) is 9.53. The predicted octanol–water partition coefficient (Wildman–Crippen LogP) is 5.95. The molecule has 3 aromatic rings. The van der Waals surface area contributed by atoms with E-state index in [0.717, 1.165) is 35.0 Å². The summed E-state index contributed by atoms with van der Waals surface area (Å²) in [5, 5.41) is 21.9. The van der Waals surface area contributed by atoms with Crippen molar-refractivity contribution >= 4 is 55.4 Å². The maximum absolute atomic E-state index is 10.9. The van der Waals surface area contributed by atoms with Crippen LogP contribution in [-0.4, -0.2) is 22.3 Å². The first-order chi connectivity index (χ1) is 15.2. The topological polar surface area (TPSA) is 125 Å². The van der Waals surface area contributed by atoms with Gasteiger partial charge < -0.3 is 4.98 Å². The number of aromatic nitrogens is 1. The van der Waals surface area contributed by atoms with Crippen molar-refractivity contribution in [1.82, 2.24) is 4.98 Å². The average Bonchev–Trinajstić information content (AvgIpc) is 3.18. The Hall–Kier alpha value is -3.04. The Morgan fingerprint density at radius 1 is 0.812 bits per heavy atom. The van der Waals surface area contributed by atoms with Crippen LogP contribution in [0.5, 0.6) is 0 Å². The zero-order valence-electron chi connectivity index (χ0n) is 16.8. The molecule has 1 heterocycles. The van der Waals surface area contributed by atoms with Crippen molar-refractivity contribution in [3.8, 4) is 0 Å². The first-order valence-electron chi connectivity index (χ1n) is 8.81. The number of rotatable bonds is 6. The molecule has 0 aliphatic heterocycles. The van der Waals surface area contributed by atoms with Crippen LogP contribution in [0, 0.1) is 34.1 Å². The quantitative estimate of drug-likeness (QED) is 0.173. The van der Waals surface area contributed by atoms with E-state index in [9.17, 15) is 20.2 Å². The van der Waals surface area contributed by atoms with E-state index >= 15 is 0 Å². The Bertz CT molecular complexity index is 1130. The monoisotopic (exact) mass is 516 g/mol. The first-order valence-corrected chi connectivity index (χ1v) is 11.8. The van der Waals surface area contributed by atoms with E-state index in [2.05, 4.69) is 21.0 Å². The number of non-ortho nitro benzene ring substituents is 2. The number of halogens is 2. The molecule has 32 heavy (non-hydrogen) atoms. The van der Waals surface area contributed by atoms with Gasteiger partial charge in [0.25, 0.3) is 11.4 Å². The van der Waals surface area contributed by atoms with Crippen LogP contribution in [-0.2, 0) is 13.1 Å². The molecule has 0 fully saturated rings. The zero-order valence-corrected chi connectivity index (χ0v) is 19.4. The molecule has 0 saturated heterocycles. The summed E-state index contributed by atoms with van der Waals surface area (Å²) in [5.74, 6) is 0. The van der Waals surface area contributed by atoms with Gasteiger partial charge in [-0.1, -0.05) is 18.2 Å². The number of nitro groups is 2. The second-order valence-corrected chi connectivity index (χ2v) is 8.25. The fourth-order valence-electron chi connectivity index (χ4n) is 2.71. The van der Waals surface area contributed by atoms with Crippen LogP contribution in [0.25, 0.3) is 0 Å². The number of nitro benzene ring substituents is 2. The van der Waals surface area contributed by atoms with Crippen molar-refractivity contribution < 1.29 is 23.0 Å². The zero-order chi connectivity index (χ0) is 23.7. The molecule has 167 valence electrons. The second kappa shape index (κ2) is 12.1. The van der Waals surface area contributed by atoms with Gasteiger partial charge in [0.05, 0.1) is 27.3 Å². The van der Waals surface area contributed by atoms with Gasteiger partial charge in [0.2, 0.25) is 0 Å². The van der Waals surface area contributed by atoms with E-state index in [4.69, 9.17) is 20.2 Å². The van der Waals surface area contributed by atoms with Crippen molar-refractivity contribution in [1.29, 1.82) is 0 Å². The number of hydrogen-bond donors (Lipinski definition) is 0. The molecule has 0 bridgehead atoms. The molecule has 0 unspecified atom stereocenters. The van der Waals surface area contributed by atoms with Crippen LogP contribution < -0.4 is 4.98 Å². The van der Waals surface area contributed by atoms with Gasteiger partial charge in [0, 0.05) is 24.6 Å². The number of aryl methyl sites for hydroxylation is 2. The van der Waals surface area contributed by atoms with Crippen LogP contribution in [0.3, 0.4) is 0 Å². The molecule has 0 N–H and O–H groups in total. The van der Waals surface area contributed by atoms with Crippen LogP contribution in [0.2, 0.25) is 0 Å². The summed E-state index contributed by atoms with van der Waals surface area (Å²) in [4.78, 5) is 33.3. The maximum atomic E-state index is 10.9. The van der Waals surface area contributed by atoms with Gasteiger partial charge in [-0.15, -0.1) is 11.4 Å². The molecular formula is C20H16Cl2FeN5O4. The van der Waals surface area contributed by atoms with Crippen LogP contribution in [0.15, 0.2) is 58.5 Å². The van der Waals surface area contributed by atoms with E-state index < -0.39 is 21.2 Å². The van der Waals surface area contributed by atoms with Crippen molar-refractivity contribution in [2.75, 3.05) is 0 Å². The summed E-state index contributed by atoms with van der Waals surface area (Å²) >= 11 is 0.194. The van der Waals surface area contributed by atoms with E-state index in [0.29, 0.717) is 11.4 Å². The van der Waals surface area contributed by atoms with Gasteiger partial charge in [-0.25, -0.2) is 0 Å². The molecular weight excluding hydrogens is 501 g/mol. The average molecular weight is 517 g/mol. The van der Waals surface area contributed by atoms with E-state index in [-0.39, 0.29) is 18.8 Å². The molecule has 0 radical (unpaired) electrons. The van der Waals surface area contributed by atoms with Gasteiger partial charge in [0.15, 0.2) is 0 Å². The van der Waals surface area contributed by atoms with Gasteiger partial charge in [-0.05, 0) is 37.1 Å². The minimum atomic E-state index is -0.700. The molecule has 0 saturated carbocycles. The number of aliphatic imine (C=N–C) groups is 2. The fraction of sp³-hybridized carbons (Fsp3) is 0.100. The summed E-state index contributed by atoms with van der Waals surface area (Å²) < 4.78 is 0. The standard InChI is InChI=1S/C20H16N5O4.2ClH.Fe/c1-13-5-14(2)7-17(6-13)21-11-15-3-4-16(23-15)12-22-18-8-19(24(26)27)10-20(9-18)25(28)29;;;/h3-12H,1-2H3;2*1H;/q-1;;;+3/p-2. The molecule has 0 atom stereocenters.